The number of hydrogen-bond donors (Lipinski definition) is 3. The van der Waals surface area contributed by atoms with Crippen molar-refractivity contribution in [2.24, 2.45) is 0 Å². The number of halogens is 1. The zero-order valence-electron chi connectivity index (χ0n) is 9.77. The average molecular weight is 356 g/mol. The number of nitrogens with two attached hydrogens (primary N) is 1. The third-order valence-corrected chi connectivity index (χ3v) is 3.56. The Bertz CT molecular complexity index is 611. The lowest BCUT2D eigenvalue weighted by Crippen LogP contribution is -2.16. The number of nitrogens with one attached hydrogen (secondary N) is 2. The molecule has 0 saturated carbocycles. The van der Waals surface area contributed by atoms with Crippen molar-refractivity contribution in [1.29, 1.82) is 0 Å². The predicted molar refractivity (Wildman–Crippen MR) is 80.5 cm³/mol. The molecule has 0 saturated heterocycles. The summed E-state index contributed by atoms with van der Waals surface area (Å²) in [4.78, 5) is 18.1. The van der Waals surface area contributed by atoms with Crippen LogP contribution < -0.4 is 16.6 Å². The molecule has 1 unspecified atom stereocenters. The lowest BCUT2D eigenvalue weighted by Gasteiger charge is -2.15. The van der Waals surface area contributed by atoms with Crippen LogP contribution in [0.2, 0.25) is 0 Å². The van der Waals surface area contributed by atoms with Crippen molar-refractivity contribution in [2.75, 3.05) is 11.1 Å². The maximum absolute atomic E-state index is 11.4. The molecule has 0 aliphatic rings. The molecule has 0 bridgehead atoms. The zero-order chi connectivity index (χ0) is 13.1. The quantitative estimate of drug-likeness (QED) is 0.581. The van der Waals surface area contributed by atoms with E-state index in [9.17, 15) is 4.79 Å². The fourth-order valence-electron chi connectivity index (χ4n) is 1.60. The van der Waals surface area contributed by atoms with Crippen molar-refractivity contribution in [3.8, 4) is 0 Å². The van der Waals surface area contributed by atoms with Gasteiger partial charge >= 0.3 is 0 Å². The van der Waals surface area contributed by atoms with Crippen LogP contribution in [0, 0.1) is 3.57 Å². The third-order valence-electron chi connectivity index (χ3n) is 2.56. The van der Waals surface area contributed by atoms with E-state index in [1.807, 2.05) is 53.8 Å². The fraction of sp³-hybridized carbons (Fsp3) is 0.167. The van der Waals surface area contributed by atoms with Gasteiger partial charge < -0.3 is 16.0 Å². The largest absolute Gasteiger partial charge is 0.399 e. The smallest absolute Gasteiger partial charge is 0.266 e. The molecule has 4 N–H and O–H groups in total. The Morgan fingerprint density at radius 1 is 1.50 bits per heavy atom. The van der Waals surface area contributed by atoms with E-state index in [1.165, 1.54) is 6.33 Å². The number of H-pyrrole nitrogens is 1. The first-order chi connectivity index (χ1) is 8.58. The minimum Gasteiger partial charge on any atom is -0.399 e. The lowest BCUT2D eigenvalue weighted by atomic mass is 10.1. The summed E-state index contributed by atoms with van der Waals surface area (Å²) in [6.45, 7) is 1.99. The Balaban J connectivity index is 2.24. The highest BCUT2D eigenvalue weighted by Gasteiger charge is 2.10. The minimum absolute atomic E-state index is 0.0244. The second kappa shape index (κ2) is 5.38. The molecule has 5 nitrogen and oxygen atoms in total. The molecule has 1 aromatic carbocycles. The number of benzene rings is 1. The Kier molecular flexibility index (Phi) is 3.85. The molecule has 0 radical (unpaired) electrons. The molecule has 0 spiro atoms. The fourth-order valence-corrected chi connectivity index (χ4v) is 2.05. The van der Waals surface area contributed by atoms with Crippen molar-refractivity contribution in [3.05, 3.63) is 50.1 Å². The maximum atomic E-state index is 11.4. The number of nitrogens with zero attached hydrogens (tertiary/aromatic N) is 1. The average Bonchev–Trinajstić information content (AvgIpc) is 2.35. The van der Waals surface area contributed by atoms with Gasteiger partial charge in [0.1, 0.15) is 9.39 Å². The summed E-state index contributed by atoms with van der Waals surface area (Å²) in [5, 5.41) is 3.20. The van der Waals surface area contributed by atoms with Crippen LogP contribution in [0.15, 0.2) is 35.4 Å². The molecule has 0 aliphatic carbocycles. The minimum atomic E-state index is -0.145. The normalized spacial score (nSPS) is 12.1. The molecule has 6 heteroatoms. The number of aromatic amines is 1. The second-order valence-corrected chi connectivity index (χ2v) is 5.01. The van der Waals surface area contributed by atoms with E-state index >= 15 is 0 Å². The molecule has 1 atom stereocenters. The van der Waals surface area contributed by atoms with E-state index in [0.29, 0.717) is 9.39 Å². The monoisotopic (exact) mass is 356 g/mol. The van der Waals surface area contributed by atoms with E-state index in [4.69, 9.17) is 5.73 Å². The number of hydrogen-bond acceptors (Lipinski definition) is 4. The van der Waals surface area contributed by atoms with Crippen molar-refractivity contribution >= 4 is 34.1 Å². The Morgan fingerprint density at radius 2 is 2.28 bits per heavy atom. The SMILES string of the molecule is CC(Nc1nc[nH]c(=O)c1I)c1cccc(N)c1. The van der Waals surface area contributed by atoms with Gasteiger partial charge in [-0.2, -0.15) is 0 Å². The van der Waals surface area contributed by atoms with Gasteiger partial charge in [0, 0.05) is 5.69 Å². The van der Waals surface area contributed by atoms with Crippen LogP contribution in [0.1, 0.15) is 18.5 Å². The number of rotatable bonds is 3. The maximum Gasteiger partial charge on any atom is 0.266 e. The molecule has 2 aromatic rings. The topological polar surface area (TPSA) is 83.8 Å². The summed E-state index contributed by atoms with van der Waals surface area (Å²) in [7, 11) is 0. The third kappa shape index (κ3) is 2.81. The van der Waals surface area contributed by atoms with Gasteiger partial charge in [-0.1, -0.05) is 12.1 Å². The van der Waals surface area contributed by atoms with Crippen LogP contribution in [-0.2, 0) is 0 Å². The van der Waals surface area contributed by atoms with Gasteiger partial charge in [-0.3, -0.25) is 4.79 Å². The van der Waals surface area contributed by atoms with Crippen molar-refractivity contribution < 1.29 is 0 Å². The predicted octanol–water partition coefficient (Wildman–Crippen LogP) is 2.13. The highest BCUT2D eigenvalue weighted by Crippen LogP contribution is 2.20. The molecule has 0 amide bonds. The van der Waals surface area contributed by atoms with Gasteiger partial charge in [-0.15, -0.1) is 0 Å². The molecule has 0 fully saturated rings. The zero-order valence-corrected chi connectivity index (χ0v) is 11.9. The molecular formula is C12H13IN4O. The Labute approximate surface area is 118 Å². The summed E-state index contributed by atoms with van der Waals surface area (Å²) >= 11 is 1.97. The summed E-state index contributed by atoms with van der Waals surface area (Å²) in [6, 6.07) is 7.65. The highest BCUT2D eigenvalue weighted by molar-refractivity contribution is 14.1. The molecule has 0 aliphatic heterocycles. The van der Waals surface area contributed by atoms with Crippen molar-refractivity contribution in [1.82, 2.24) is 9.97 Å². The van der Waals surface area contributed by atoms with Crippen LogP contribution in [0.3, 0.4) is 0 Å². The first kappa shape index (κ1) is 12.9. The summed E-state index contributed by atoms with van der Waals surface area (Å²) < 4.78 is 0.547. The van der Waals surface area contributed by atoms with Gasteiger partial charge in [0.05, 0.1) is 12.4 Å². The van der Waals surface area contributed by atoms with Gasteiger partial charge in [-0.05, 0) is 47.2 Å². The molecule has 1 aromatic heterocycles. The van der Waals surface area contributed by atoms with E-state index in [2.05, 4.69) is 15.3 Å². The Hall–Kier alpha value is -1.57. The van der Waals surface area contributed by atoms with Gasteiger partial charge in [0.25, 0.3) is 5.56 Å². The van der Waals surface area contributed by atoms with E-state index in [-0.39, 0.29) is 11.6 Å². The van der Waals surface area contributed by atoms with Crippen LogP contribution in [0.4, 0.5) is 11.5 Å². The highest BCUT2D eigenvalue weighted by atomic mass is 127. The van der Waals surface area contributed by atoms with Crippen LogP contribution in [0.5, 0.6) is 0 Å². The number of anilines is 2. The summed E-state index contributed by atoms with van der Waals surface area (Å²) in [5.74, 6) is 0.578. The van der Waals surface area contributed by atoms with Gasteiger partial charge in [0.15, 0.2) is 0 Å². The first-order valence-electron chi connectivity index (χ1n) is 5.43. The molecule has 1 heterocycles. The van der Waals surface area contributed by atoms with Crippen LogP contribution in [-0.4, -0.2) is 9.97 Å². The van der Waals surface area contributed by atoms with Crippen molar-refractivity contribution in [3.63, 3.8) is 0 Å². The van der Waals surface area contributed by atoms with Crippen LogP contribution in [0.25, 0.3) is 0 Å². The Morgan fingerprint density at radius 3 is 3.00 bits per heavy atom. The first-order valence-corrected chi connectivity index (χ1v) is 6.51. The summed E-state index contributed by atoms with van der Waals surface area (Å²) in [6.07, 6.45) is 1.39. The number of aromatic nitrogens is 2. The van der Waals surface area contributed by atoms with E-state index < -0.39 is 0 Å². The second-order valence-electron chi connectivity index (χ2n) is 3.93. The molecular weight excluding hydrogens is 343 g/mol. The number of nitrogen functional groups attached to an aromatic ring is 1. The van der Waals surface area contributed by atoms with Crippen molar-refractivity contribution in [2.45, 2.75) is 13.0 Å². The van der Waals surface area contributed by atoms with Crippen LogP contribution >= 0.6 is 22.6 Å². The molecule has 18 heavy (non-hydrogen) atoms. The summed E-state index contributed by atoms with van der Waals surface area (Å²) in [5.41, 5.74) is 7.36. The van der Waals surface area contributed by atoms with Gasteiger partial charge in [0.2, 0.25) is 0 Å². The lowest BCUT2D eigenvalue weighted by molar-refractivity contribution is 0.867. The molecule has 2 rings (SSSR count). The standard InChI is InChI=1S/C12H13IN4O/c1-7(8-3-2-4-9(14)5-8)17-11-10(13)12(18)16-6-15-11/h2-7H,14H2,1H3,(H2,15,16,17,18). The van der Waals surface area contributed by atoms with E-state index in [0.717, 1.165) is 11.3 Å². The molecule has 94 valence electrons. The van der Waals surface area contributed by atoms with Gasteiger partial charge in [-0.25, -0.2) is 4.98 Å². The van der Waals surface area contributed by atoms with E-state index in [1.54, 1.807) is 0 Å².